The van der Waals surface area contributed by atoms with Crippen molar-refractivity contribution >= 4 is 5.91 Å². The predicted molar refractivity (Wildman–Crippen MR) is 46.5 cm³/mol. The van der Waals surface area contributed by atoms with Crippen molar-refractivity contribution < 1.29 is 4.79 Å². The summed E-state index contributed by atoms with van der Waals surface area (Å²) in [4.78, 5) is 13.3. The van der Waals surface area contributed by atoms with Gasteiger partial charge >= 0.3 is 0 Å². The summed E-state index contributed by atoms with van der Waals surface area (Å²) < 4.78 is 0. The summed E-state index contributed by atoms with van der Waals surface area (Å²) in [6, 6.07) is 1.24. The molecule has 2 heterocycles. The smallest absolute Gasteiger partial charge is 0.219 e. The largest absolute Gasteiger partial charge is 0.337 e. The number of piperidine rings is 1. The Morgan fingerprint density at radius 3 is 2.25 bits per heavy atom. The van der Waals surface area contributed by atoms with Gasteiger partial charge in [-0.3, -0.25) is 4.79 Å². The van der Waals surface area contributed by atoms with Gasteiger partial charge in [-0.15, -0.1) is 0 Å². The van der Waals surface area contributed by atoms with E-state index in [1.54, 1.807) is 6.92 Å². The topological polar surface area (TPSA) is 46.3 Å². The highest BCUT2D eigenvalue weighted by Gasteiger charge is 2.40. The average molecular weight is 168 g/mol. The summed E-state index contributed by atoms with van der Waals surface area (Å²) in [5.74, 6) is 0.231. The lowest BCUT2D eigenvalue weighted by atomic mass is 9.98. The fourth-order valence-corrected chi connectivity index (χ4v) is 2.73. The van der Waals surface area contributed by atoms with Gasteiger partial charge in [0.25, 0.3) is 0 Å². The van der Waals surface area contributed by atoms with Gasteiger partial charge in [-0.25, -0.2) is 0 Å². The Balaban J connectivity index is 2.14. The lowest BCUT2D eigenvalue weighted by molar-refractivity contribution is -0.133. The Hall–Kier alpha value is -0.570. The third kappa shape index (κ3) is 1.12. The molecular formula is C9H16N2O. The van der Waals surface area contributed by atoms with Crippen molar-refractivity contribution in [3.63, 3.8) is 0 Å². The van der Waals surface area contributed by atoms with E-state index in [0.717, 1.165) is 25.7 Å². The number of amides is 1. The monoisotopic (exact) mass is 168 g/mol. The molecule has 2 aliphatic rings. The Labute approximate surface area is 72.9 Å². The summed E-state index contributed by atoms with van der Waals surface area (Å²) >= 11 is 0. The molecule has 1 amide bonds. The summed E-state index contributed by atoms with van der Waals surface area (Å²) in [7, 11) is 0. The van der Waals surface area contributed by atoms with Crippen LogP contribution in [-0.4, -0.2) is 28.9 Å². The van der Waals surface area contributed by atoms with Gasteiger partial charge in [0.15, 0.2) is 0 Å². The molecule has 0 aromatic heterocycles. The van der Waals surface area contributed by atoms with E-state index < -0.39 is 0 Å². The van der Waals surface area contributed by atoms with Gasteiger partial charge in [0.05, 0.1) is 0 Å². The quantitative estimate of drug-likeness (QED) is 0.572. The first-order chi connectivity index (χ1) is 5.68. The molecular weight excluding hydrogens is 152 g/mol. The van der Waals surface area contributed by atoms with Crippen molar-refractivity contribution in [3.8, 4) is 0 Å². The molecule has 2 atom stereocenters. The fraction of sp³-hybridized carbons (Fsp3) is 0.889. The number of nitrogens with zero attached hydrogens (tertiary/aromatic N) is 1. The third-order valence-electron chi connectivity index (χ3n) is 3.13. The van der Waals surface area contributed by atoms with E-state index in [0.29, 0.717) is 18.1 Å². The van der Waals surface area contributed by atoms with Gasteiger partial charge in [-0.05, 0) is 25.7 Å². The number of hydrogen-bond acceptors (Lipinski definition) is 2. The van der Waals surface area contributed by atoms with Gasteiger partial charge in [-0.1, -0.05) is 0 Å². The number of rotatable bonds is 0. The van der Waals surface area contributed by atoms with Gasteiger partial charge in [0.1, 0.15) is 0 Å². The molecule has 2 unspecified atom stereocenters. The summed E-state index contributed by atoms with van der Waals surface area (Å²) in [5, 5.41) is 0. The van der Waals surface area contributed by atoms with E-state index >= 15 is 0 Å². The van der Waals surface area contributed by atoms with Gasteiger partial charge < -0.3 is 10.6 Å². The van der Waals surface area contributed by atoms with E-state index in [9.17, 15) is 4.79 Å². The first-order valence-corrected chi connectivity index (χ1v) is 4.73. The molecule has 0 aliphatic carbocycles. The number of carbonyl (C=O) groups excluding carboxylic acids is 1. The van der Waals surface area contributed by atoms with Crippen LogP contribution in [0.2, 0.25) is 0 Å². The van der Waals surface area contributed by atoms with Crippen LogP contribution in [0.4, 0.5) is 0 Å². The minimum atomic E-state index is 0.231. The van der Waals surface area contributed by atoms with E-state index in [1.165, 1.54) is 0 Å². The van der Waals surface area contributed by atoms with Crippen LogP contribution in [0, 0.1) is 0 Å². The first kappa shape index (κ1) is 8.05. The van der Waals surface area contributed by atoms with Crippen LogP contribution in [0.5, 0.6) is 0 Å². The predicted octanol–water partition coefficient (Wildman–Crippen LogP) is 0.487. The Kier molecular flexibility index (Phi) is 1.83. The molecule has 68 valence electrons. The maximum atomic E-state index is 11.3. The minimum Gasteiger partial charge on any atom is -0.337 e. The van der Waals surface area contributed by atoms with Crippen LogP contribution in [0.25, 0.3) is 0 Å². The standard InChI is InChI=1S/C9H16N2O/c1-6(12)11-8-2-3-9(11)5-7(10)4-8/h7-9H,2-5,10H2,1H3. The normalized spacial score (nSPS) is 40.2. The molecule has 2 rings (SSSR count). The second-order valence-corrected chi connectivity index (χ2v) is 4.04. The van der Waals surface area contributed by atoms with Crippen LogP contribution in [-0.2, 0) is 4.79 Å². The first-order valence-electron chi connectivity index (χ1n) is 4.73. The molecule has 0 aromatic carbocycles. The van der Waals surface area contributed by atoms with Crippen LogP contribution in [0.15, 0.2) is 0 Å². The average Bonchev–Trinajstić information content (AvgIpc) is 2.24. The van der Waals surface area contributed by atoms with Crippen molar-refractivity contribution in [2.45, 2.75) is 50.7 Å². The molecule has 12 heavy (non-hydrogen) atoms. The van der Waals surface area contributed by atoms with Crippen LogP contribution in [0.1, 0.15) is 32.6 Å². The van der Waals surface area contributed by atoms with Crippen LogP contribution >= 0.6 is 0 Å². The highest BCUT2D eigenvalue weighted by molar-refractivity contribution is 5.74. The molecule has 2 bridgehead atoms. The van der Waals surface area contributed by atoms with Gasteiger partial charge in [0.2, 0.25) is 5.91 Å². The molecule has 0 saturated carbocycles. The highest BCUT2D eigenvalue weighted by atomic mass is 16.2. The Morgan fingerprint density at radius 1 is 1.33 bits per heavy atom. The van der Waals surface area contributed by atoms with E-state index in [2.05, 4.69) is 0 Å². The van der Waals surface area contributed by atoms with Crippen LogP contribution in [0.3, 0.4) is 0 Å². The number of fused-ring (bicyclic) bond motifs is 2. The highest BCUT2D eigenvalue weighted by Crippen LogP contribution is 2.34. The third-order valence-corrected chi connectivity index (χ3v) is 3.13. The van der Waals surface area contributed by atoms with E-state index in [1.807, 2.05) is 4.90 Å². The Bertz CT molecular complexity index is 191. The van der Waals surface area contributed by atoms with Crippen molar-refractivity contribution in [3.05, 3.63) is 0 Å². The summed E-state index contributed by atoms with van der Waals surface area (Å²) in [6.07, 6.45) is 4.35. The summed E-state index contributed by atoms with van der Waals surface area (Å²) in [6.45, 7) is 1.67. The molecule has 3 heteroatoms. The number of carbonyl (C=O) groups is 1. The molecule has 0 aromatic rings. The van der Waals surface area contributed by atoms with Crippen molar-refractivity contribution in [2.24, 2.45) is 5.73 Å². The molecule has 2 aliphatic heterocycles. The minimum absolute atomic E-state index is 0.231. The second-order valence-electron chi connectivity index (χ2n) is 4.04. The zero-order valence-electron chi connectivity index (χ0n) is 7.49. The van der Waals surface area contributed by atoms with Crippen LogP contribution < -0.4 is 5.73 Å². The van der Waals surface area contributed by atoms with Crippen molar-refractivity contribution in [1.82, 2.24) is 4.90 Å². The molecule has 2 saturated heterocycles. The van der Waals surface area contributed by atoms with Crippen molar-refractivity contribution in [2.75, 3.05) is 0 Å². The SMILES string of the molecule is CC(=O)N1C2CCC1CC(N)C2. The van der Waals surface area contributed by atoms with E-state index in [-0.39, 0.29) is 5.91 Å². The number of hydrogen-bond donors (Lipinski definition) is 1. The second kappa shape index (κ2) is 2.73. The zero-order chi connectivity index (χ0) is 8.72. The zero-order valence-corrected chi connectivity index (χ0v) is 7.49. The lowest BCUT2D eigenvalue weighted by Crippen LogP contribution is -2.49. The maximum absolute atomic E-state index is 11.3. The lowest BCUT2D eigenvalue weighted by Gasteiger charge is -2.37. The number of nitrogens with two attached hydrogens (primary N) is 1. The van der Waals surface area contributed by atoms with Gasteiger partial charge in [0, 0.05) is 25.0 Å². The summed E-state index contributed by atoms with van der Waals surface area (Å²) in [5.41, 5.74) is 5.88. The molecule has 2 fully saturated rings. The molecule has 2 N–H and O–H groups in total. The molecule has 0 spiro atoms. The molecule has 3 nitrogen and oxygen atoms in total. The van der Waals surface area contributed by atoms with Crippen molar-refractivity contribution in [1.29, 1.82) is 0 Å². The molecule has 0 radical (unpaired) electrons. The van der Waals surface area contributed by atoms with E-state index in [4.69, 9.17) is 5.73 Å². The van der Waals surface area contributed by atoms with Gasteiger partial charge in [-0.2, -0.15) is 0 Å². The fourth-order valence-electron chi connectivity index (χ4n) is 2.73. The maximum Gasteiger partial charge on any atom is 0.219 e. The Morgan fingerprint density at radius 2 is 1.83 bits per heavy atom.